The lowest BCUT2D eigenvalue weighted by molar-refractivity contribution is -0.116. The highest BCUT2D eigenvalue weighted by Crippen LogP contribution is 2.25. The SMILES string of the molecule is CC(C)CNCc1ccc(N(C)CC(N)=O)c(Cl)c1. The second kappa shape index (κ2) is 7.36. The summed E-state index contributed by atoms with van der Waals surface area (Å²) in [6.45, 7) is 6.26. The molecular formula is C14H22ClN3O. The zero-order valence-corrected chi connectivity index (χ0v) is 12.5. The number of nitrogens with two attached hydrogens (primary N) is 1. The summed E-state index contributed by atoms with van der Waals surface area (Å²) >= 11 is 6.23. The van der Waals surface area contributed by atoms with E-state index >= 15 is 0 Å². The predicted molar refractivity (Wildman–Crippen MR) is 80.5 cm³/mol. The maximum Gasteiger partial charge on any atom is 0.236 e. The molecule has 1 aromatic rings. The number of nitrogens with one attached hydrogen (secondary N) is 1. The minimum atomic E-state index is -0.374. The molecule has 0 atom stereocenters. The summed E-state index contributed by atoms with van der Waals surface area (Å²) in [5.41, 5.74) is 7.11. The summed E-state index contributed by atoms with van der Waals surface area (Å²) in [7, 11) is 1.79. The topological polar surface area (TPSA) is 58.4 Å². The summed E-state index contributed by atoms with van der Waals surface area (Å²) in [4.78, 5) is 12.6. The Morgan fingerprint density at radius 3 is 2.68 bits per heavy atom. The second-order valence-corrected chi connectivity index (χ2v) is 5.54. The summed E-state index contributed by atoms with van der Waals surface area (Å²) in [5, 5.41) is 3.99. The molecule has 0 heterocycles. The molecule has 1 amide bonds. The van der Waals surface area contributed by atoms with E-state index < -0.39 is 0 Å². The Bertz CT molecular complexity index is 435. The van der Waals surface area contributed by atoms with E-state index in [1.165, 1.54) is 0 Å². The second-order valence-electron chi connectivity index (χ2n) is 5.13. The summed E-state index contributed by atoms with van der Waals surface area (Å²) in [5.74, 6) is 0.248. The van der Waals surface area contributed by atoms with Crippen LogP contribution in [0, 0.1) is 5.92 Å². The predicted octanol–water partition coefficient (Wildman–Crippen LogP) is 2.01. The Labute approximate surface area is 119 Å². The number of primary amides is 1. The molecule has 0 aromatic heterocycles. The third-order valence-corrected chi connectivity index (χ3v) is 3.00. The number of rotatable bonds is 7. The minimum absolute atomic E-state index is 0.157. The molecule has 0 bridgehead atoms. The molecule has 0 radical (unpaired) electrons. The Morgan fingerprint density at radius 1 is 1.47 bits per heavy atom. The van der Waals surface area contributed by atoms with Gasteiger partial charge < -0.3 is 16.0 Å². The molecule has 3 N–H and O–H groups in total. The van der Waals surface area contributed by atoms with Crippen LogP contribution in [0.4, 0.5) is 5.69 Å². The van der Waals surface area contributed by atoms with Gasteiger partial charge in [0.05, 0.1) is 17.3 Å². The van der Waals surface area contributed by atoms with Gasteiger partial charge in [-0.3, -0.25) is 4.79 Å². The molecule has 0 aliphatic rings. The van der Waals surface area contributed by atoms with E-state index in [9.17, 15) is 4.79 Å². The van der Waals surface area contributed by atoms with Crippen LogP contribution >= 0.6 is 11.6 Å². The molecule has 5 heteroatoms. The fourth-order valence-electron chi connectivity index (χ4n) is 1.79. The van der Waals surface area contributed by atoms with Crippen molar-refractivity contribution >= 4 is 23.2 Å². The van der Waals surface area contributed by atoms with Crippen LogP contribution in [-0.4, -0.2) is 26.0 Å². The van der Waals surface area contributed by atoms with E-state index in [4.69, 9.17) is 17.3 Å². The lowest BCUT2D eigenvalue weighted by Crippen LogP contribution is -2.30. The van der Waals surface area contributed by atoms with E-state index in [0.717, 1.165) is 24.3 Å². The van der Waals surface area contributed by atoms with Gasteiger partial charge in [-0.2, -0.15) is 0 Å². The number of likely N-dealkylation sites (N-methyl/N-ethyl adjacent to an activating group) is 1. The van der Waals surface area contributed by atoms with Crippen molar-refractivity contribution in [2.24, 2.45) is 11.7 Å². The smallest absolute Gasteiger partial charge is 0.236 e. The highest BCUT2D eigenvalue weighted by molar-refractivity contribution is 6.33. The Hall–Kier alpha value is -1.26. The summed E-state index contributed by atoms with van der Waals surface area (Å²) in [6.07, 6.45) is 0. The number of carbonyl (C=O) groups is 1. The number of anilines is 1. The number of benzene rings is 1. The maximum absolute atomic E-state index is 10.9. The monoisotopic (exact) mass is 283 g/mol. The van der Waals surface area contributed by atoms with Crippen molar-refractivity contribution in [3.05, 3.63) is 28.8 Å². The lowest BCUT2D eigenvalue weighted by Gasteiger charge is -2.19. The Balaban J connectivity index is 2.66. The van der Waals surface area contributed by atoms with Crippen LogP contribution < -0.4 is 16.0 Å². The van der Waals surface area contributed by atoms with Crippen LogP contribution in [0.25, 0.3) is 0 Å². The fraction of sp³-hybridized carbons (Fsp3) is 0.500. The molecule has 1 rings (SSSR count). The van der Waals surface area contributed by atoms with Crippen molar-refractivity contribution in [2.75, 3.05) is 25.0 Å². The number of nitrogens with zero attached hydrogens (tertiary/aromatic N) is 1. The van der Waals surface area contributed by atoms with Crippen molar-refractivity contribution in [2.45, 2.75) is 20.4 Å². The fourth-order valence-corrected chi connectivity index (χ4v) is 2.14. The average Bonchev–Trinajstić information content (AvgIpc) is 2.27. The van der Waals surface area contributed by atoms with Gasteiger partial charge in [0.25, 0.3) is 0 Å². The molecule has 0 aliphatic carbocycles. The quantitative estimate of drug-likeness (QED) is 0.805. The highest BCUT2D eigenvalue weighted by Gasteiger charge is 2.09. The minimum Gasteiger partial charge on any atom is -0.368 e. The van der Waals surface area contributed by atoms with Gasteiger partial charge in [0, 0.05) is 13.6 Å². The molecule has 0 saturated heterocycles. The Morgan fingerprint density at radius 2 is 2.16 bits per heavy atom. The first-order valence-corrected chi connectivity index (χ1v) is 6.76. The zero-order chi connectivity index (χ0) is 14.4. The molecule has 0 unspecified atom stereocenters. The molecule has 0 aliphatic heterocycles. The first-order chi connectivity index (χ1) is 8.90. The van der Waals surface area contributed by atoms with Crippen LogP contribution in [0.15, 0.2) is 18.2 Å². The third kappa shape index (κ3) is 5.49. The van der Waals surface area contributed by atoms with Crippen molar-refractivity contribution in [3.8, 4) is 0 Å². The largest absolute Gasteiger partial charge is 0.368 e. The van der Waals surface area contributed by atoms with Crippen LogP contribution in [0.3, 0.4) is 0 Å². The molecule has 4 nitrogen and oxygen atoms in total. The van der Waals surface area contributed by atoms with E-state index in [2.05, 4.69) is 19.2 Å². The van der Waals surface area contributed by atoms with Gasteiger partial charge in [-0.05, 0) is 30.2 Å². The summed E-state index contributed by atoms with van der Waals surface area (Å²) in [6, 6.07) is 5.84. The van der Waals surface area contributed by atoms with Crippen molar-refractivity contribution in [1.29, 1.82) is 0 Å². The molecule has 0 spiro atoms. The van der Waals surface area contributed by atoms with E-state index in [0.29, 0.717) is 10.9 Å². The van der Waals surface area contributed by atoms with Crippen LogP contribution in [-0.2, 0) is 11.3 Å². The zero-order valence-electron chi connectivity index (χ0n) is 11.7. The van der Waals surface area contributed by atoms with E-state index in [1.807, 2.05) is 18.2 Å². The van der Waals surface area contributed by atoms with Gasteiger partial charge in [0.15, 0.2) is 0 Å². The van der Waals surface area contributed by atoms with Crippen LogP contribution in [0.5, 0.6) is 0 Å². The number of hydrogen-bond acceptors (Lipinski definition) is 3. The first-order valence-electron chi connectivity index (χ1n) is 6.38. The standard InChI is InChI=1S/C14H22ClN3O/c1-10(2)7-17-8-11-4-5-13(12(15)6-11)18(3)9-14(16)19/h4-6,10,17H,7-9H2,1-3H3,(H2,16,19). The number of carbonyl (C=O) groups excluding carboxylic acids is 1. The van der Waals surface area contributed by atoms with Crippen LogP contribution in [0.2, 0.25) is 5.02 Å². The maximum atomic E-state index is 10.9. The molecule has 19 heavy (non-hydrogen) atoms. The molecule has 0 fully saturated rings. The first kappa shape index (κ1) is 15.8. The number of halogens is 1. The van der Waals surface area contributed by atoms with E-state index in [1.54, 1.807) is 11.9 Å². The van der Waals surface area contributed by atoms with Gasteiger partial charge in [0.1, 0.15) is 0 Å². The van der Waals surface area contributed by atoms with Crippen molar-refractivity contribution < 1.29 is 4.79 Å². The molecule has 106 valence electrons. The van der Waals surface area contributed by atoms with Crippen LogP contribution in [0.1, 0.15) is 19.4 Å². The van der Waals surface area contributed by atoms with Crippen molar-refractivity contribution in [3.63, 3.8) is 0 Å². The molecular weight excluding hydrogens is 262 g/mol. The van der Waals surface area contributed by atoms with Gasteiger partial charge in [-0.15, -0.1) is 0 Å². The van der Waals surface area contributed by atoms with E-state index in [-0.39, 0.29) is 12.5 Å². The van der Waals surface area contributed by atoms with Gasteiger partial charge in [-0.25, -0.2) is 0 Å². The summed E-state index contributed by atoms with van der Waals surface area (Å²) < 4.78 is 0. The third-order valence-electron chi connectivity index (χ3n) is 2.70. The normalized spacial score (nSPS) is 10.8. The van der Waals surface area contributed by atoms with Crippen molar-refractivity contribution in [1.82, 2.24) is 5.32 Å². The van der Waals surface area contributed by atoms with Gasteiger partial charge in [-0.1, -0.05) is 31.5 Å². The molecule has 1 aromatic carbocycles. The van der Waals surface area contributed by atoms with Gasteiger partial charge in [0.2, 0.25) is 5.91 Å². The highest BCUT2D eigenvalue weighted by atomic mass is 35.5. The van der Waals surface area contributed by atoms with Gasteiger partial charge >= 0.3 is 0 Å². The number of amides is 1. The lowest BCUT2D eigenvalue weighted by atomic mass is 10.1. The average molecular weight is 284 g/mol. The Kier molecular flexibility index (Phi) is 6.12. The molecule has 0 saturated carbocycles. The number of hydrogen-bond donors (Lipinski definition) is 2.